The average molecular weight is 355 g/mol. The number of carbonyl (C=O) groups excluding carboxylic acids is 1. The Labute approximate surface area is 154 Å². The molecular weight excluding hydrogens is 330 g/mol. The SMILES string of the molecule is CC(C)Oc1cccc(C(=O)Nc2cccc(OCC3CCCO3)c2)c1. The summed E-state index contributed by atoms with van der Waals surface area (Å²) in [5.74, 6) is 1.21. The molecule has 5 heteroatoms. The third-order valence-electron chi connectivity index (χ3n) is 4.02. The second kappa shape index (κ2) is 8.72. The first-order valence-corrected chi connectivity index (χ1v) is 9.03. The molecule has 2 aromatic carbocycles. The molecular formula is C21H25NO4. The van der Waals surface area contributed by atoms with Crippen molar-refractivity contribution in [3.63, 3.8) is 0 Å². The van der Waals surface area contributed by atoms with Crippen molar-refractivity contribution in [3.05, 3.63) is 54.1 Å². The number of amides is 1. The summed E-state index contributed by atoms with van der Waals surface area (Å²) in [6.07, 6.45) is 2.34. The van der Waals surface area contributed by atoms with Crippen molar-refractivity contribution < 1.29 is 19.0 Å². The van der Waals surface area contributed by atoms with E-state index in [0.29, 0.717) is 23.6 Å². The summed E-state index contributed by atoms with van der Waals surface area (Å²) in [5, 5.41) is 2.90. The Morgan fingerprint density at radius 3 is 2.77 bits per heavy atom. The summed E-state index contributed by atoms with van der Waals surface area (Å²) in [4.78, 5) is 12.5. The van der Waals surface area contributed by atoms with Gasteiger partial charge in [-0.2, -0.15) is 0 Å². The van der Waals surface area contributed by atoms with Gasteiger partial charge in [0.15, 0.2) is 0 Å². The monoisotopic (exact) mass is 355 g/mol. The van der Waals surface area contributed by atoms with Crippen molar-refractivity contribution in [1.82, 2.24) is 0 Å². The van der Waals surface area contributed by atoms with Crippen LogP contribution < -0.4 is 14.8 Å². The largest absolute Gasteiger partial charge is 0.491 e. The molecule has 1 amide bonds. The van der Waals surface area contributed by atoms with E-state index in [9.17, 15) is 4.79 Å². The number of nitrogens with one attached hydrogen (secondary N) is 1. The maximum atomic E-state index is 12.5. The van der Waals surface area contributed by atoms with E-state index < -0.39 is 0 Å². The Morgan fingerprint density at radius 2 is 2.00 bits per heavy atom. The van der Waals surface area contributed by atoms with Gasteiger partial charge in [0.25, 0.3) is 5.91 Å². The van der Waals surface area contributed by atoms with Gasteiger partial charge >= 0.3 is 0 Å². The highest BCUT2D eigenvalue weighted by Crippen LogP contribution is 2.21. The van der Waals surface area contributed by atoms with E-state index in [1.165, 1.54) is 0 Å². The molecule has 1 unspecified atom stereocenters. The quantitative estimate of drug-likeness (QED) is 0.805. The summed E-state index contributed by atoms with van der Waals surface area (Å²) in [6.45, 7) is 5.25. The van der Waals surface area contributed by atoms with Crippen LogP contribution in [0.4, 0.5) is 5.69 Å². The number of hydrogen-bond donors (Lipinski definition) is 1. The van der Waals surface area contributed by atoms with E-state index in [2.05, 4.69) is 5.32 Å². The fourth-order valence-corrected chi connectivity index (χ4v) is 2.81. The van der Waals surface area contributed by atoms with Crippen LogP contribution in [0.2, 0.25) is 0 Å². The second-order valence-corrected chi connectivity index (χ2v) is 6.62. The first-order chi connectivity index (χ1) is 12.6. The molecule has 1 fully saturated rings. The topological polar surface area (TPSA) is 56.8 Å². The van der Waals surface area contributed by atoms with Crippen LogP contribution in [0.5, 0.6) is 11.5 Å². The summed E-state index contributed by atoms with van der Waals surface area (Å²) in [5.41, 5.74) is 1.24. The molecule has 2 aromatic rings. The van der Waals surface area contributed by atoms with Gasteiger partial charge in [0, 0.05) is 23.9 Å². The molecule has 5 nitrogen and oxygen atoms in total. The van der Waals surface area contributed by atoms with Crippen LogP contribution in [-0.2, 0) is 4.74 Å². The molecule has 0 bridgehead atoms. The number of anilines is 1. The van der Waals surface area contributed by atoms with E-state index in [1.807, 2.05) is 50.2 Å². The fraction of sp³-hybridized carbons (Fsp3) is 0.381. The van der Waals surface area contributed by atoms with Gasteiger partial charge in [-0.05, 0) is 57.0 Å². The van der Waals surface area contributed by atoms with Crippen LogP contribution in [-0.4, -0.2) is 31.3 Å². The molecule has 0 spiro atoms. The van der Waals surface area contributed by atoms with Crippen molar-refractivity contribution in [3.8, 4) is 11.5 Å². The van der Waals surface area contributed by atoms with Crippen molar-refractivity contribution in [2.24, 2.45) is 0 Å². The van der Waals surface area contributed by atoms with Crippen LogP contribution >= 0.6 is 0 Å². The average Bonchev–Trinajstić information content (AvgIpc) is 3.13. The van der Waals surface area contributed by atoms with Gasteiger partial charge in [-0.3, -0.25) is 4.79 Å². The number of benzene rings is 2. The lowest BCUT2D eigenvalue weighted by Crippen LogP contribution is -2.16. The van der Waals surface area contributed by atoms with Gasteiger partial charge in [-0.15, -0.1) is 0 Å². The predicted octanol–water partition coefficient (Wildman–Crippen LogP) is 4.28. The highest BCUT2D eigenvalue weighted by Gasteiger charge is 2.16. The molecule has 3 rings (SSSR count). The molecule has 0 saturated carbocycles. The van der Waals surface area contributed by atoms with Gasteiger partial charge in [-0.25, -0.2) is 0 Å². The Hall–Kier alpha value is -2.53. The molecule has 26 heavy (non-hydrogen) atoms. The lowest BCUT2D eigenvalue weighted by molar-refractivity contribution is 0.0680. The van der Waals surface area contributed by atoms with Crippen LogP contribution in [0.15, 0.2) is 48.5 Å². The van der Waals surface area contributed by atoms with E-state index in [1.54, 1.807) is 12.1 Å². The first-order valence-electron chi connectivity index (χ1n) is 9.03. The fourth-order valence-electron chi connectivity index (χ4n) is 2.81. The zero-order chi connectivity index (χ0) is 18.4. The molecule has 0 aromatic heterocycles. The Balaban J connectivity index is 1.61. The van der Waals surface area contributed by atoms with Crippen LogP contribution in [0.3, 0.4) is 0 Å². The minimum atomic E-state index is -0.185. The number of carbonyl (C=O) groups is 1. The van der Waals surface area contributed by atoms with Crippen LogP contribution in [0.25, 0.3) is 0 Å². The molecule has 1 aliphatic heterocycles. The van der Waals surface area contributed by atoms with Crippen LogP contribution in [0, 0.1) is 0 Å². The second-order valence-electron chi connectivity index (χ2n) is 6.62. The van der Waals surface area contributed by atoms with Gasteiger partial charge in [0.05, 0.1) is 12.2 Å². The number of ether oxygens (including phenoxy) is 3. The minimum absolute atomic E-state index is 0.0611. The summed E-state index contributed by atoms with van der Waals surface area (Å²) >= 11 is 0. The van der Waals surface area contributed by atoms with Crippen molar-refractivity contribution >= 4 is 11.6 Å². The molecule has 0 radical (unpaired) electrons. The maximum absolute atomic E-state index is 12.5. The lowest BCUT2D eigenvalue weighted by atomic mass is 10.2. The Morgan fingerprint density at radius 1 is 1.19 bits per heavy atom. The Kier molecular flexibility index (Phi) is 6.12. The number of rotatable bonds is 7. The lowest BCUT2D eigenvalue weighted by Gasteiger charge is -2.13. The Bertz CT molecular complexity index is 738. The first kappa shape index (κ1) is 18.3. The predicted molar refractivity (Wildman–Crippen MR) is 101 cm³/mol. The smallest absolute Gasteiger partial charge is 0.255 e. The molecule has 1 aliphatic rings. The van der Waals surface area contributed by atoms with Gasteiger partial charge in [0.1, 0.15) is 18.1 Å². The zero-order valence-corrected chi connectivity index (χ0v) is 15.2. The highest BCUT2D eigenvalue weighted by atomic mass is 16.5. The maximum Gasteiger partial charge on any atom is 0.255 e. The third-order valence-corrected chi connectivity index (χ3v) is 4.02. The summed E-state index contributed by atoms with van der Waals surface area (Å²) in [6, 6.07) is 14.6. The third kappa shape index (κ3) is 5.23. The highest BCUT2D eigenvalue weighted by molar-refractivity contribution is 6.04. The van der Waals surface area contributed by atoms with E-state index in [-0.39, 0.29) is 18.1 Å². The van der Waals surface area contributed by atoms with E-state index in [0.717, 1.165) is 25.2 Å². The molecule has 1 atom stereocenters. The standard InChI is InChI=1S/C21H25NO4/c1-15(2)26-19-9-3-6-16(12-19)21(23)22-17-7-4-8-18(13-17)25-14-20-10-5-11-24-20/h3-4,6-9,12-13,15,20H,5,10-11,14H2,1-2H3,(H,22,23). The molecule has 1 N–H and O–H groups in total. The van der Waals surface area contributed by atoms with Crippen molar-refractivity contribution in [2.45, 2.75) is 38.9 Å². The van der Waals surface area contributed by atoms with Crippen LogP contribution in [0.1, 0.15) is 37.0 Å². The van der Waals surface area contributed by atoms with Gasteiger partial charge in [0.2, 0.25) is 0 Å². The van der Waals surface area contributed by atoms with Gasteiger partial charge < -0.3 is 19.5 Å². The van der Waals surface area contributed by atoms with Gasteiger partial charge in [-0.1, -0.05) is 12.1 Å². The van der Waals surface area contributed by atoms with Crippen molar-refractivity contribution in [2.75, 3.05) is 18.5 Å². The number of hydrogen-bond acceptors (Lipinski definition) is 4. The summed E-state index contributed by atoms with van der Waals surface area (Å²) < 4.78 is 17.0. The normalized spacial score (nSPS) is 16.5. The molecule has 0 aliphatic carbocycles. The van der Waals surface area contributed by atoms with E-state index >= 15 is 0 Å². The minimum Gasteiger partial charge on any atom is -0.491 e. The molecule has 138 valence electrons. The summed E-state index contributed by atoms with van der Waals surface area (Å²) in [7, 11) is 0. The van der Waals surface area contributed by atoms with Crippen molar-refractivity contribution in [1.29, 1.82) is 0 Å². The zero-order valence-electron chi connectivity index (χ0n) is 15.2. The van der Waals surface area contributed by atoms with E-state index in [4.69, 9.17) is 14.2 Å². The molecule has 1 saturated heterocycles. The molecule has 1 heterocycles.